The predicted octanol–water partition coefficient (Wildman–Crippen LogP) is 14.6. The van der Waals surface area contributed by atoms with E-state index in [0.717, 1.165) is 39.0 Å². The first-order valence-electron chi connectivity index (χ1n) is 18.8. The summed E-state index contributed by atoms with van der Waals surface area (Å²) in [5.74, 6) is 0. The largest absolute Gasteiger partial charge is 0.454 e. The van der Waals surface area contributed by atoms with E-state index in [1.807, 2.05) is 12.1 Å². The molecule has 0 atom stereocenters. The van der Waals surface area contributed by atoms with Crippen LogP contribution in [0, 0.1) is 0 Å². The number of hydrogen-bond donors (Lipinski definition) is 1. The van der Waals surface area contributed by atoms with Crippen molar-refractivity contribution in [3.05, 3.63) is 200 Å². The van der Waals surface area contributed by atoms with Crippen LogP contribution >= 0.6 is 0 Å². The van der Waals surface area contributed by atoms with Crippen molar-refractivity contribution < 1.29 is 4.42 Å². The molecule has 0 saturated heterocycles. The van der Waals surface area contributed by atoms with Gasteiger partial charge in [0.05, 0.1) is 16.7 Å². The van der Waals surface area contributed by atoms with E-state index >= 15 is 0 Å². The molecule has 0 bridgehead atoms. The van der Waals surface area contributed by atoms with E-state index in [2.05, 4.69) is 198 Å². The van der Waals surface area contributed by atoms with Gasteiger partial charge in [0.15, 0.2) is 5.58 Å². The third-order valence-electron chi connectivity index (χ3n) is 11.0. The quantitative estimate of drug-likeness (QED) is 0.187. The normalized spacial score (nSPS) is 11.6. The Labute approximate surface area is 318 Å². The third-order valence-corrected chi connectivity index (χ3v) is 11.0. The van der Waals surface area contributed by atoms with Gasteiger partial charge in [-0.3, -0.25) is 0 Å². The van der Waals surface area contributed by atoms with Crippen molar-refractivity contribution in [3.63, 3.8) is 0 Å². The standard InChI is InChI=1S/C52H34N2O/c1-2-10-34(11-3-1)37-24-29-42(30-25-37)54-48-16-8-6-14-44(48)46-32-39(26-31-49(46)54)38-20-18-35(19-21-38)36-22-27-41(28-23-36)53-47-33-40-12-4-5-13-43(40)51-45-15-7-9-17-50(45)55-52(47)51/h1-33,53H. The van der Waals surface area contributed by atoms with Crippen molar-refractivity contribution in [2.45, 2.75) is 0 Å². The minimum absolute atomic E-state index is 0.875. The van der Waals surface area contributed by atoms with Gasteiger partial charge in [-0.25, -0.2) is 0 Å². The Hall–Kier alpha value is -7.36. The Bertz CT molecular complexity index is 3190. The number of anilines is 2. The molecule has 2 heterocycles. The van der Waals surface area contributed by atoms with Crippen molar-refractivity contribution in [1.82, 2.24) is 4.57 Å². The molecule has 258 valence electrons. The molecule has 0 aliphatic carbocycles. The van der Waals surface area contributed by atoms with Gasteiger partial charge in [-0.05, 0) is 98.8 Å². The van der Waals surface area contributed by atoms with Crippen molar-refractivity contribution in [2.24, 2.45) is 0 Å². The first-order valence-corrected chi connectivity index (χ1v) is 18.8. The summed E-state index contributed by atoms with van der Waals surface area (Å²) in [7, 11) is 0. The highest BCUT2D eigenvalue weighted by Crippen LogP contribution is 2.41. The molecule has 0 radical (unpaired) electrons. The topological polar surface area (TPSA) is 30.1 Å². The van der Waals surface area contributed by atoms with E-state index in [0.29, 0.717) is 0 Å². The summed E-state index contributed by atoms with van der Waals surface area (Å²) >= 11 is 0. The van der Waals surface area contributed by atoms with E-state index in [-0.39, 0.29) is 0 Å². The summed E-state index contributed by atoms with van der Waals surface area (Å²) in [5.41, 5.74) is 14.5. The summed E-state index contributed by atoms with van der Waals surface area (Å²) < 4.78 is 8.80. The van der Waals surface area contributed by atoms with Crippen LogP contribution in [0.15, 0.2) is 205 Å². The summed E-state index contributed by atoms with van der Waals surface area (Å²) in [5, 5.41) is 10.8. The third kappa shape index (κ3) is 5.28. The van der Waals surface area contributed by atoms with Crippen LogP contribution in [0.4, 0.5) is 11.4 Å². The van der Waals surface area contributed by atoms with Gasteiger partial charge in [-0.1, -0.05) is 146 Å². The van der Waals surface area contributed by atoms with Crippen molar-refractivity contribution in [1.29, 1.82) is 0 Å². The van der Waals surface area contributed by atoms with E-state index in [1.165, 1.54) is 66.0 Å². The van der Waals surface area contributed by atoms with Gasteiger partial charge >= 0.3 is 0 Å². The molecular weight excluding hydrogens is 669 g/mol. The second-order valence-electron chi connectivity index (χ2n) is 14.2. The molecule has 0 aliphatic heterocycles. The second-order valence-corrected chi connectivity index (χ2v) is 14.2. The summed E-state index contributed by atoms with van der Waals surface area (Å²) in [4.78, 5) is 0. The zero-order chi connectivity index (χ0) is 36.3. The molecular formula is C52H34N2O. The molecule has 55 heavy (non-hydrogen) atoms. The maximum Gasteiger partial charge on any atom is 0.159 e. The molecule has 0 aliphatic rings. The fourth-order valence-corrected chi connectivity index (χ4v) is 8.29. The van der Waals surface area contributed by atoms with Crippen LogP contribution in [0.5, 0.6) is 0 Å². The van der Waals surface area contributed by atoms with E-state index < -0.39 is 0 Å². The van der Waals surface area contributed by atoms with Gasteiger partial charge in [-0.15, -0.1) is 0 Å². The fraction of sp³-hybridized carbons (Fsp3) is 0. The van der Waals surface area contributed by atoms with Crippen LogP contribution in [-0.2, 0) is 0 Å². The molecule has 9 aromatic carbocycles. The summed E-state index contributed by atoms with van der Waals surface area (Å²) in [6.07, 6.45) is 0. The number of hydrogen-bond acceptors (Lipinski definition) is 2. The Morgan fingerprint density at radius 1 is 0.382 bits per heavy atom. The number of fused-ring (bicyclic) bond motifs is 8. The van der Waals surface area contributed by atoms with Gasteiger partial charge in [0.2, 0.25) is 0 Å². The van der Waals surface area contributed by atoms with Gasteiger partial charge in [0.25, 0.3) is 0 Å². The second kappa shape index (κ2) is 12.6. The van der Waals surface area contributed by atoms with Crippen LogP contribution in [0.25, 0.3) is 93.6 Å². The summed E-state index contributed by atoms with van der Waals surface area (Å²) in [6.45, 7) is 0. The van der Waals surface area contributed by atoms with Gasteiger partial charge in [0, 0.05) is 32.9 Å². The monoisotopic (exact) mass is 702 g/mol. The maximum absolute atomic E-state index is 6.42. The molecule has 0 amide bonds. The number of nitrogens with zero attached hydrogens (tertiary/aromatic N) is 1. The van der Waals surface area contributed by atoms with Crippen LogP contribution in [0.2, 0.25) is 0 Å². The first kappa shape index (κ1) is 31.2. The highest BCUT2D eigenvalue weighted by Gasteiger charge is 2.16. The zero-order valence-electron chi connectivity index (χ0n) is 29.9. The van der Waals surface area contributed by atoms with E-state index in [4.69, 9.17) is 4.42 Å². The van der Waals surface area contributed by atoms with Crippen molar-refractivity contribution in [2.75, 3.05) is 5.32 Å². The Morgan fingerprint density at radius 3 is 1.69 bits per heavy atom. The van der Waals surface area contributed by atoms with Crippen LogP contribution in [0.3, 0.4) is 0 Å². The molecule has 2 aromatic heterocycles. The SMILES string of the molecule is c1ccc(-c2ccc(-n3c4ccccc4c4cc(-c5ccc(-c6ccc(Nc7cc8ccccc8c8c7oc7ccccc78)cc6)cc5)ccc43)cc2)cc1. The van der Waals surface area contributed by atoms with Gasteiger partial charge in [-0.2, -0.15) is 0 Å². The minimum Gasteiger partial charge on any atom is -0.454 e. The number of aromatic nitrogens is 1. The number of furan rings is 1. The molecule has 1 N–H and O–H groups in total. The number of para-hydroxylation sites is 2. The van der Waals surface area contributed by atoms with Crippen LogP contribution in [0.1, 0.15) is 0 Å². The lowest BCUT2D eigenvalue weighted by molar-refractivity contribution is 0.670. The van der Waals surface area contributed by atoms with Crippen molar-refractivity contribution in [3.8, 4) is 39.1 Å². The minimum atomic E-state index is 0.875. The van der Waals surface area contributed by atoms with Gasteiger partial charge in [0.1, 0.15) is 5.58 Å². The highest BCUT2D eigenvalue weighted by molar-refractivity contribution is 6.22. The lowest BCUT2D eigenvalue weighted by Crippen LogP contribution is -1.93. The van der Waals surface area contributed by atoms with Crippen LogP contribution < -0.4 is 5.32 Å². The molecule has 0 fully saturated rings. The van der Waals surface area contributed by atoms with Crippen molar-refractivity contribution >= 4 is 65.9 Å². The number of nitrogens with one attached hydrogen (secondary N) is 1. The average molecular weight is 703 g/mol. The zero-order valence-corrected chi connectivity index (χ0v) is 29.9. The lowest BCUT2D eigenvalue weighted by Gasteiger charge is -2.11. The fourth-order valence-electron chi connectivity index (χ4n) is 8.29. The molecule has 0 saturated carbocycles. The predicted molar refractivity (Wildman–Crippen MR) is 232 cm³/mol. The molecule has 3 nitrogen and oxygen atoms in total. The van der Waals surface area contributed by atoms with Gasteiger partial charge < -0.3 is 14.3 Å². The maximum atomic E-state index is 6.42. The Kier molecular flexibility index (Phi) is 7.17. The molecule has 3 heteroatoms. The number of rotatable bonds is 6. The number of benzene rings is 9. The molecule has 0 spiro atoms. The smallest absolute Gasteiger partial charge is 0.159 e. The van der Waals surface area contributed by atoms with E-state index in [9.17, 15) is 0 Å². The first-order chi connectivity index (χ1) is 27.2. The molecule has 0 unspecified atom stereocenters. The molecule has 11 rings (SSSR count). The van der Waals surface area contributed by atoms with Crippen LogP contribution in [-0.4, -0.2) is 4.57 Å². The van der Waals surface area contributed by atoms with E-state index in [1.54, 1.807) is 0 Å². The Morgan fingerprint density at radius 2 is 0.927 bits per heavy atom. The Balaban J connectivity index is 0.884. The lowest BCUT2D eigenvalue weighted by atomic mass is 9.99. The average Bonchev–Trinajstić information content (AvgIpc) is 3.81. The summed E-state index contributed by atoms with van der Waals surface area (Å²) in [6, 6.07) is 71.6. The molecule has 11 aromatic rings. The highest BCUT2D eigenvalue weighted by atomic mass is 16.3.